The summed E-state index contributed by atoms with van der Waals surface area (Å²) in [6, 6.07) is 6.17. The smallest absolute Gasteiger partial charge is 0.227 e. The van der Waals surface area contributed by atoms with Crippen molar-refractivity contribution in [2.45, 2.75) is 6.42 Å². The fourth-order valence-corrected chi connectivity index (χ4v) is 2.45. The molecule has 4 nitrogen and oxygen atoms in total. The van der Waals surface area contributed by atoms with Gasteiger partial charge in [-0.1, -0.05) is 12.1 Å². The second-order valence-electron chi connectivity index (χ2n) is 5.83. The van der Waals surface area contributed by atoms with Crippen LogP contribution in [-0.4, -0.2) is 74.0 Å². The highest BCUT2D eigenvalue weighted by Crippen LogP contribution is 2.08. The van der Waals surface area contributed by atoms with Gasteiger partial charge in [0.05, 0.1) is 6.42 Å². The lowest BCUT2D eigenvalue weighted by Gasteiger charge is -2.35. The summed E-state index contributed by atoms with van der Waals surface area (Å²) in [5, 5.41) is 0. The van der Waals surface area contributed by atoms with Gasteiger partial charge in [-0.2, -0.15) is 0 Å². The van der Waals surface area contributed by atoms with E-state index in [0.717, 1.165) is 44.8 Å². The molecule has 0 aromatic heterocycles. The van der Waals surface area contributed by atoms with E-state index in [-0.39, 0.29) is 11.7 Å². The topological polar surface area (TPSA) is 26.8 Å². The van der Waals surface area contributed by atoms with Gasteiger partial charge in [-0.05, 0) is 31.8 Å². The Bertz CT molecular complexity index is 453. The Morgan fingerprint density at radius 2 is 1.76 bits per heavy atom. The molecule has 0 N–H and O–H groups in total. The van der Waals surface area contributed by atoms with E-state index in [9.17, 15) is 9.18 Å². The molecule has 5 heteroatoms. The Morgan fingerprint density at radius 3 is 2.33 bits per heavy atom. The van der Waals surface area contributed by atoms with Gasteiger partial charge in [-0.3, -0.25) is 9.69 Å². The molecule has 1 fully saturated rings. The average molecular weight is 293 g/mol. The van der Waals surface area contributed by atoms with Gasteiger partial charge in [0, 0.05) is 39.3 Å². The van der Waals surface area contributed by atoms with E-state index < -0.39 is 0 Å². The Morgan fingerprint density at radius 1 is 1.14 bits per heavy atom. The van der Waals surface area contributed by atoms with E-state index in [1.165, 1.54) is 12.1 Å². The van der Waals surface area contributed by atoms with Crippen molar-refractivity contribution >= 4 is 5.91 Å². The maximum Gasteiger partial charge on any atom is 0.227 e. The molecule has 1 saturated heterocycles. The average Bonchev–Trinajstić information content (AvgIpc) is 2.48. The number of amides is 1. The fourth-order valence-electron chi connectivity index (χ4n) is 2.45. The molecule has 0 saturated carbocycles. The third kappa shape index (κ3) is 5.10. The van der Waals surface area contributed by atoms with Crippen LogP contribution in [0.2, 0.25) is 0 Å². The van der Waals surface area contributed by atoms with Gasteiger partial charge in [-0.15, -0.1) is 0 Å². The van der Waals surface area contributed by atoms with Crippen molar-refractivity contribution in [3.63, 3.8) is 0 Å². The second kappa shape index (κ2) is 7.52. The number of benzene rings is 1. The number of rotatable bonds is 5. The summed E-state index contributed by atoms with van der Waals surface area (Å²) in [5.74, 6) is -0.130. The van der Waals surface area contributed by atoms with Crippen LogP contribution in [0, 0.1) is 5.82 Å². The van der Waals surface area contributed by atoms with Gasteiger partial charge in [-0.25, -0.2) is 4.39 Å². The molecule has 116 valence electrons. The van der Waals surface area contributed by atoms with Gasteiger partial charge < -0.3 is 9.80 Å². The fraction of sp³-hybridized carbons (Fsp3) is 0.562. The van der Waals surface area contributed by atoms with Gasteiger partial charge in [0.1, 0.15) is 5.82 Å². The highest BCUT2D eigenvalue weighted by atomic mass is 19.1. The summed E-state index contributed by atoms with van der Waals surface area (Å²) < 4.78 is 12.8. The highest BCUT2D eigenvalue weighted by Gasteiger charge is 2.20. The van der Waals surface area contributed by atoms with Crippen LogP contribution in [0.25, 0.3) is 0 Å². The van der Waals surface area contributed by atoms with Crippen LogP contribution in [0.15, 0.2) is 24.3 Å². The number of halogens is 1. The van der Waals surface area contributed by atoms with E-state index >= 15 is 0 Å². The molecule has 2 rings (SSSR count). The summed E-state index contributed by atoms with van der Waals surface area (Å²) in [6.07, 6.45) is 0.359. The maximum absolute atomic E-state index is 12.8. The summed E-state index contributed by atoms with van der Waals surface area (Å²) in [7, 11) is 4.14. The molecule has 1 aromatic rings. The highest BCUT2D eigenvalue weighted by molar-refractivity contribution is 5.78. The van der Waals surface area contributed by atoms with E-state index in [2.05, 4.69) is 23.9 Å². The lowest BCUT2D eigenvalue weighted by Crippen LogP contribution is -2.50. The predicted octanol–water partition coefficient (Wildman–Crippen LogP) is 1.07. The number of hydrogen-bond donors (Lipinski definition) is 0. The molecule has 1 aliphatic rings. The summed E-state index contributed by atoms with van der Waals surface area (Å²) in [5.41, 5.74) is 0.872. The quantitative estimate of drug-likeness (QED) is 0.813. The van der Waals surface area contributed by atoms with Gasteiger partial charge in [0.2, 0.25) is 5.91 Å². The van der Waals surface area contributed by atoms with Gasteiger partial charge in [0.25, 0.3) is 0 Å². The largest absolute Gasteiger partial charge is 0.340 e. The van der Waals surface area contributed by atoms with Crippen molar-refractivity contribution < 1.29 is 9.18 Å². The standard InChI is InChI=1S/C16H24FN3O/c1-18(2)7-8-19-9-11-20(12-10-19)16(21)13-14-3-5-15(17)6-4-14/h3-6H,7-13H2,1-2H3. The summed E-state index contributed by atoms with van der Waals surface area (Å²) in [6.45, 7) is 5.53. The Balaban J connectivity index is 1.76. The zero-order valence-electron chi connectivity index (χ0n) is 12.9. The first kappa shape index (κ1) is 15.9. The number of carbonyl (C=O) groups is 1. The number of hydrogen-bond acceptors (Lipinski definition) is 3. The van der Waals surface area contributed by atoms with Crippen LogP contribution in [0.1, 0.15) is 5.56 Å². The molecule has 0 unspecified atom stereocenters. The Hall–Kier alpha value is -1.46. The summed E-state index contributed by atoms with van der Waals surface area (Å²) >= 11 is 0. The first-order valence-corrected chi connectivity index (χ1v) is 7.44. The van der Waals surface area contributed by atoms with Crippen molar-refractivity contribution in [1.29, 1.82) is 0 Å². The molecule has 1 heterocycles. The predicted molar refractivity (Wildman–Crippen MR) is 81.7 cm³/mol. The van der Waals surface area contributed by atoms with Crippen LogP contribution in [0.4, 0.5) is 4.39 Å². The van der Waals surface area contributed by atoms with Crippen molar-refractivity contribution in [2.24, 2.45) is 0 Å². The van der Waals surface area contributed by atoms with Crippen LogP contribution >= 0.6 is 0 Å². The van der Waals surface area contributed by atoms with Crippen molar-refractivity contribution in [3.8, 4) is 0 Å². The third-order valence-electron chi connectivity index (χ3n) is 3.86. The lowest BCUT2D eigenvalue weighted by atomic mass is 10.1. The number of carbonyl (C=O) groups excluding carboxylic acids is 1. The minimum Gasteiger partial charge on any atom is -0.340 e. The molecule has 0 aliphatic carbocycles. The molecule has 1 amide bonds. The lowest BCUT2D eigenvalue weighted by molar-refractivity contribution is -0.132. The molecule has 0 bridgehead atoms. The van der Waals surface area contributed by atoms with E-state index in [1.807, 2.05) is 4.90 Å². The summed E-state index contributed by atoms with van der Waals surface area (Å²) in [4.78, 5) is 18.7. The van der Waals surface area contributed by atoms with Crippen molar-refractivity contribution in [3.05, 3.63) is 35.6 Å². The molecule has 1 aromatic carbocycles. The maximum atomic E-state index is 12.8. The number of nitrogens with zero attached hydrogens (tertiary/aromatic N) is 3. The zero-order chi connectivity index (χ0) is 15.2. The Labute approximate surface area is 126 Å². The SMILES string of the molecule is CN(C)CCN1CCN(C(=O)Cc2ccc(F)cc2)CC1. The van der Waals surface area contributed by atoms with Crippen molar-refractivity contribution in [2.75, 3.05) is 53.4 Å². The first-order valence-electron chi connectivity index (χ1n) is 7.44. The van der Waals surface area contributed by atoms with Crippen LogP contribution < -0.4 is 0 Å². The van der Waals surface area contributed by atoms with E-state index in [1.54, 1.807) is 12.1 Å². The zero-order valence-corrected chi connectivity index (χ0v) is 12.9. The Kier molecular flexibility index (Phi) is 5.70. The first-order chi connectivity index (χ1) is 10.0. The molecule has 0 atom stereocenters. The van der Waals surface area contributed by atoms with Crippen molar-refractivity contribution in [1.82, 2.24) is 14.7 Å². The minimum absolute atomic E-state index is 0.133. The second-order valence-corrected chi connectivity index (χ2v) is 5.83. The van der Waals surface area contributed by atoms with Crippen LogP contribution in [0.5, 0.6) is 0 Å². The molecular formula is C16H24FN3O. The molecular weight excluding hydrogens is 269 g/mol. The third-order valence-corrected chi connectivity index (χ3v) is 3.86. The van der Waals surface area contributed by atoms with Crippen LogP contribution in [-0.2, 0) is 11.2 Å². The molecule has 21 heavy (non-hydrogen) atoms. The number of piperazine rings is 1. The van der Waals surface area contributed by atoms with Gasteiger partial charge in [0.15, 0.2) is 0 Å². The van der Waals surface area contributed by atoms with E-state index in [0.29, 0.717) is 6.42 Å². The van der Waals surface area contributed by atoms with Gasteiger partial charge >= 0.3 is 0 Å². The normalized spacial score (nSPS) is 16.5. The van der Waals surface area contributed by atoms with Crippen LogP contribution in [0.3, 0.4) is 0 Å². The molecule has 1 aliphatic heterocycles. The molecule has 0 spiro atoms. The minimum atomic E-state index is -0.263. The molecule has 0 radical (unpaired) electrons. The monoisotopic (exact) mass is 293 g/mol. The van der Waals surface area contributed by atoms with E-state index in [4.69, 9.17) is 0 Å². The number of likely N-dealkylation sites (N-methyl/N-ethyl adjacent to an activating group) is 1.